The molecule has 20 heavy (non-hydrogen) atoms. The molecule has 0 amide bonds. The van der Waals surface area contributed by atoms with Crippen LogP contribution in [0.4, 0.5) is 4.39 Å². The molecule has 0 fully saturated rings. The molecular formula is C16H20FNOS. The van der Waals surface area contributed by atoms with Gasteiger partial charge in [0.05, 0.1) is 13.2 Å². The third-order valence-corrected chi connectivity index (χ3v) is 4.21. The number of rotatable bonds is 6. The average Bonchev–Trinajstić information content (AvgIpc) is 2.92. The zero-order valence-electron chi connectivity index (χ0n) is 12.1. The summed E-state index contributed by atoms with van der Waals surface area (Å²) >= 11 is 1.66. The summed E-state index contributed by atoms with van der Waals surface area (Å²) < 4.78 is 18.7. The molecule has 0 aliphatic heterocycles. The molecule has 1 unspecified atom stereocenters. The zero-order chi connectivity index (χ0) is 14.5. The largest absolute Gasteiger partial charge is 0.496 e. The first-order chi connectivity index (χ1) is 9.65. The molecule has 108 valence electrons. The molecule has 0 bridgehead atoms. The van der Waals surface area contributed by atoms with Crippen LogP contribution < -0.4 is 10.1 Å². The van der Waals surface area contributed by atoms with E-state index in [-0.39, 0.29) is 11.9 Å². The molecule has 0 saturated carbocycles. The van der Waals surface area contributed by atoms with Gasteiger partial charge >= 0.3 is 0 Å². The van der Waals surface area contributed by atoms with Crippen molar-refractivity contribution >= 4 is 11.3 Å². The molecule has 1 atom stereocenters. The number of hydrogen-bond acceptors (Lipinski definition) is 3. The van der Waals surface area contributed by atoms with Crippen molar-refractivity contribution in [2.24, 2.45) is 0 Å². The van der Waals surface area contributed by atoms with Crippen LogP contribution in [0.15, 0.2) is 29.6 Å². The molecule has 1 heterocycles. The number of nitrogens with one attached hydrogen (secondary N) is 1. The Morgan fingerprint density at radius 2 is 2.15 bits per heavy atom. The molecule has 0 saturated heterocycles. The molecule has 1 aromatic heterocycles. The highest BCUT2D eigenvalue weighted by Crippen LogP contribution is 2.31. The molecule has 2 aromatic rings. The van der Waals surface area contributed by atoms with E-state index in [1.54, 1.807) is 25.4 Å². The highest BCUT2D eigenvalue weighted by Gasteiger charge is 2.16. The summed E-state index contributed by atoms with van der Waals surface area (Å²) in [6.07, 6.45) is 1.05. The van der Waals surface area contributed by atoms with Crippen LogP contribution in [0.3, 0.4) is 0 Å². The Morgan fingerprint density at radius 1 is 1.35 bits per heavy atom. The summed E-state index contributed by atoms with van der Waals surface area (Å²) in [5.41, 5.74) is 1.76. The third-order valence-electron chi connectivity index (χ3n) is 3.23. The number of aryl methyl sites for hydroxylation is 1. The number of hydrogen-bond donors (Lipinski definition) is 1. The van der Waals surface area contributed by atoms with Gasteiger partial charge in [0.1, 0.15) is 11.6 Å². The SMILES string of the molecule is CCCNC(c1ccc(F)c(C)c1)c1cc(OC)cs1. The van der Waals surface area contributed by atoms with Gasteiger partial charge in [-0.25, -0.2) is 4.39 Å². The molecule has 1 N–H and O–H groups in total. The van der Waals surface area contributed by atoms with Crippen molar-refractivity contribution in [2.45, 2.75) is 26.3 Å². The minimum absolute atomic E-state index is 0.0862. The monoisotopic (exact) mass is 293 g/mol. The Labute approximate surface area is 123 Å². The summed E-state index contributed by atoms with van der Waals surface area (Å²) in [6, 6.07) is 7.42. The second-order valence-electron chi connectivity index (χ2n) is 4.78. The Hall–Kier alpha value is -1.39. The van der Waals surface area contributed by atoms with Crippen LogP contribution in [-0.2, 0) is 0 Å². The van der Waals surface area contributed by atoms with E-state index in [0.29, 0.717) is 5.56 Å². The molecular weight excluding hydrogens is 273 g/mol. The quantitative estimate of drug-likeness (QED) is 0.857. The van der Waals surface area contributed by atoms with Crippen LogP contribution in [0.25, 0.3) is 0 Å². The molecule has 4 heteroatoms. The van der Waals surface area contributed by atoms with E-state index in [0.717, 1.165) is 24.3 Å². The lowest BCUT2D eigenvalue weighted by molar-refractivity contribution is 0.416. The zero-order valence-corrected chi connectivity index (χ0v) is 12.9. The lowest BCUT2D eigenvalue weighted by Crippen LogP contribution is -2.22. The summed E-state index contributed by atoms with van der Waals surface area (Å²) in [7, 11) is 1.67. The standard InChI is InChI=1S/C16H20FNOS/c1-4-7-18-16(15-9-13(19-3)10-20-15)12-5-6-14(17)11(2)8-12/h5-6,8-10,16,18H,4,7H2,1-3H3. The van der Waals surface area contributed by atoms with Gasteiger partial charge in [0.25, 0.3) is 0 Å². The van der Waals surface area contributed by atoms with Crippen molar-refractivity contribution in [3.63, 3.8) is 0 Å². The van der Waals surface area contributed by atoms with Crippen LogP contribution in [0.1, 0.15) is 35.4 Å². The highest BCUT2D eigenvalue weighted by atomic mass is 32.1. The van der Waals surface area contributed by atoms with Crippen molar-refractivity contribution in [1.82, 2.24) is 5.32 Å². The fourth-order valence-electron chi connectivity index (χ4n) is 2.11. The summed E-state index contributed by atoms with van der Waals surface area (Å²) in [6.45, 7) is 4.85. The predicted molar refractivity (Wildman–Crippen MR) is 82.1 cm³/mol. The van der Waals surface area contributed by atoms with Crippen molar-refractivity contribution in [3.05, 3.63) is 51.5 Å². The second kappa shape index (κ2) is 6.86. The minimum Gasteiger partial charge on any atom is -0.496 e. The molecule has 0 radical (unpaired) electrons. The first-order valence-corrected chi connectivity index (χ1v) is 7.65. The van der Waals surface area contributed by atoms with E-state index >= 15 is 0 Å². The summed E-state index contributed by atoms with van der Waals surface area (Å²) in [5.74, 6) is 0.707. The van der Waals surface area contributed by atoms with Gasteiger partial charge in [0, 0.05) is 10.3 Å². The maximum atomic E-state index is 13.4. The maximum Gasteiger partial charge on any atom is 0.129 e. The van der Waals surface area contributed by atoms with E-state index in [9.17, 15) is 4.39 Å². The minimum atomic E-state index is -0.160. The number of methoxy groups -OCH3 is 1. The topological polar surface area (TPSA) is 21.3 Å². The van der Waals surface area contributed by atoms with Crippen molar-refractivity contribution in [1.29, 1.82) is 0 Å². The van der Waals surface area contributed by atoms with Crippen molar-refractivity contribution in [2.75, 3.05) is 13.7 Å². The van der Waals surface area contributed by atoms with E-state index in [1.165, 1.54) is 10.9 Å². The molecule has 0 aliphatic rings. The van der Waals surface area contributed by atoms with Crippen LogP contribution in [0.5, 0.6) is 5.75 Å². The smallest absolute Gasteiger partial charge is 0.129 e. The summed E-state index contributed by atoms with van der Waals surface area (Å²) in [4.78, 5) is 1.18. The Kier molecular flexibility index (Phi) is 5.15. The first-order valence-electron chi connectivity index (χ1n) is 6.77. The predicted octanol–water partition coefficient (Wildman–Crippen LogP) is 4.29. The number of halogens is 1. The maximum absolute atomic E-state index is 13.4. The van der Waals surface area contributed by atoms with Gasteiger partial charge in [0.15, 0.2) is 0 Å². The van der Waals surface area contributed by atoms with E-state index in [1.807, 2.05) is 23.6 Å². The van der Waals surface area contributed by atoms with E-state index < -0.39 is 0 Å². The van der Waals surface area contributed by atoms with Gasteiger partial charge in [-0.1, -0.05) is 19.1 Å². The highest BCUT2D eigenvalue weighted by molar-refractivity contribution is 7.10. The van der Waals surface area contributed by atoms with Crippen LogP contribution in [-0.4, -0.2) is 13.7 Å². The third kappa shape index (κ3) is 3.38. The van der Waals surface area contributed by atoms with Gasteiger partial charge in [-0.05, 0) is 43.1 Å². The molecule has 1 aromatic carbocycles. The van der Waals surface area contributed by atoms with Crippen LogP contribution >= 0.6 is 11.3 Å². The lowest BCUT2D eigenvalue weighted by atomic mass is 10.0. The fraction of sp³-hybridized carbons (Fsp3) is 0.375. The molecule has 2 rings (SSSR count). The Morgan fingerprint density at radius 3 is 2.75 bits per heavy atom. The van der Waals surface area contributed by atoms with Crippen molar-refractivity contribution in [3.8, 4) is 5.75 Å². The number of thiophene rings is 1. The first kappa shape index (κ1) is 15.0. The van der Waals surface area contributed by atoms with Gasteiger partial charge in [-0.3, -0.25) is 0 Å². The van der Waals surface area contributed by atoms with Crippen molar-refractivity contribution < 1.29 is 9.13 Å². The Balaban J connectivity index is 2.32. The van der Waals surface area contributed by atoms with Gasteiger partial charge in [-0.2, -0.15) is 0 Å². The van der Waals surface area contributed by atoms with Gasteiger partial charge in [-0.15, -0.1) is 11.3 Å². The lowest BCUT2D eigenvalue weighted by Gasteiger charge is -2.18. The normalized spacial score (nSPS) is 12.4. The molecule has 2 nitrogen and oxygen atoms in total. The number of benzene rings is 1. The molecule has 0 spiro atoms. The van der Waals surface area contributed by atoms with Gasteiger partial charge in [0.2, 0.25) is 0 Å². The van der Waals surface area contributed by atoms with E-state index in [2.05, 4.69) is 12.2 Å². The molecule has 0 aliphatic carbocycles. The second-order valence-corrected chi connectivity index (χ2v) is 5.73. The van der Waals surface area contributed by atoms with Crippen LogP contribution in [0.2, 0.25) is 0 Å². The Bertz CT molecular complexity index is 567. The van der Waals surface area contributed by atoms with Gasteiger partial charge < -0.3 is 10.1 Å². The summed E-state index contributed by atoms with van der Waals surface area (Å²) in [5, 5.41) is 5.51. The van der Waals surface area contributed by atoms with E-state index in [4.69, 9.17) is 4.74 Å². The number of ether oxygens (including phenoxy) is 1. The van der Waals surface area contributed by atoms with Crippen LogP contribution in [0, 0.1) is 12.7 Å². The average molecular weight is 293 g/mol. The fourth-order valence-corrected chi connectivity index (χ4v) is 3.07.